The molecule has 0 unspecified atom stereocenters. The maximum absolute atomic E-state index is 12.5. The molecule has 10 nitrogen and oxygen atoms in total. The average molecular weight is 405 g/mol. The molecule has 2 aliphatic heterocycles. The quantitative estimate of drug-likeness (QED) is 0.513. The summed E-state index contributed by atoms with van der Waals surface area (Å²) in [6.45, 7) is 3.34. The Hall–Kier alpha value is -3.30. The molecular formula is C19H23N3O7. The van der Waals surface area contributed by atoms with Crippen molar-refractivity contribution in [3.63, 3.8) is 0 Å². The number of anilines is 1. The summed E-state index contributed by atoms with van der Waals surface area (Å²) in [5.41, 5.74) is -0.535. The largest absolute Gasteiger partial charge is 0.486 e. The number of amides is 4. The van der Waals surface area contributed by atoms with Gasteiger partial charge in [0, 0.05) is 11.8 Å². The Kier molecular flexibility index (Phi) is 5.90. The van der Waals surface area contributed by atoms with E-state index in [0.717, 1.165) is 4.90 Å². The van der Waals surface area contributed by atoms with Crippen LogP contribution in [0.5, 0.6) is 11.5 Å². The van der Waals surface area contributed by atoms with Crippen molar-refractivity contribution >= 4 is 29.5 Å². The lowest BCUT2D eigenvalue weighted by molar-refractivity contribution is -0.150. The summed E-state index contributed by atoms with van der Waals surface area (Å²) in [5.74, 6) is -0.785. The van der Waals surface area contributed by atoms with Gasteiger partial charge in [0.25, 0.3) is 11.8 Å². The zero-order chi connectivity index (χ0) is 21.0. The first kappa shape index (κ1) is 20.4. The lowest BCUT2D eigenvalue weighted by Crippen LogP contribution is -2.46. The van der Waals surface area contributed by atoms with Crippen LogP contribution in [0.1, 0.15) is 26.7 Å². The number of hydrogen-bond donors (Lipinski definition) is 2. The molecule has 2 N–H and O–H groups in total. The highest BCUT2D eigenvalue weighted by molar-refractivity contribution is 6.08. The van der Waals surface area contributed by atoms with Crippen molar-refractivity contribution < 1.29 is 33.4 Å². The van der Waals surface area contributed by atoms with E-state index in [1.807, 2.05) is 0 Å². The van der Waals surface area contributed by atoms with E-state index in [4.69, 9.17) is 14.2 Å². The summed E-state index contributed by atoms with van der Waals surface area (Å²) in [7, 11) is 0. The lowest BCUT2D eigenvalue weighted by atomic mass is 9.93. The summed E-state index contributed by atoms with van der Waals surface area (Å²) in [6, 6.07) is 4.27. The molecule has 0 bridgehead atoms. The molecule has 1 saturated heterocycles. The van der Waals surface area contributed by atoms with E-state index in [1.54, 1.807) is 32.0 Å². The van der Waals surface area contributed by atoms with E-state index in [0.29, 0.717) is 43.2 Å². The fraction of sp³-hybridized carbons (Fsp3) is 0.474. The molecule has 0 aliphatic carbocycles. The van der Waals surface area contributed by atoms with Gasteiger partial charge >= 0.3 is 12.0 Å². The van der Waals surface area contributed by atoms with E-state index in [-0.39, 0.29) is 0 Å². The van der Waals surface area contributed by atoms with Crippen LogP contribution in [-0.4, -0.2) is 60.6 Å². The van der Waals surface area contributed by atoms with E-state index in [2.05, 4.69) is 10.6 Å². The average Bonchev–Trinajstić information content (AvgIpc) is 2.97. The topological polar surface area (TPSA) is 123 Å². The van der Waals surface area contributed by atoms with Crippen LogP contribution in [0.4, 0.5) is 10.5 Å². The molecular weight excluding hydrogens is 382 g/mol. The Bertz CT molecular complexity index is 835. The second-order valence-corrected chi connectivity index (χ2v) is 6.68. The molecule has 1 aromatic carbocycles. The molecule has 1 aromatic rings. The highest BCUT2D eigenvalue weighted by atomic mass is 16.6. The molecule has 0 aromatic heterocycles. The summed E-state index contributed by atoms with van der Waals surface area (Å²) < 4.78 is 15.7. The van der Waals surface area contributed by atoms with Gasteiger partial charge in [-0.1, -0.05) is 13.8 Å². The number of imide groups is 1. The second kappa shape index (κ2) is 8.38. The first-order valence-corrected chi connectivity index (χ1v) is 9.37. The molecule has 10 heteroatoms. The minimum absolute atomic E-state index is 0.414. The molecule has 3 rings (SSSR count). The molecule has 4 amide bonds. The molecule has 0 atom stereocenters. The number of hydrogen-bond acceptors (Lipinski definition) is 7. The standard InChI is InChI=1S/C19H23N3O7/c1-3-19(4-2)17(25)22(18(26)21-19)10-16(24)29-11-15(23)20-12-5-6-13-14(9-12)28-8-7-27-13/h5-6,9H,3-4,7-8,10-11H2,1-2H3,(H,20,23)(H,21,26). The van der Waals surface area contributed by atoms with Gasteiger partial charge < -0.3 is 24.8 Å². The van der Waals surface area contributed by atoms with E-state index in [1.165, 1.54) is 0 Å². The predicted molar refractivity (Wildman–Crippen MR) is 101 cm³/mol. The first-order chi connectivity index (χ1) is 13.9. The Balaban J connectivity index is 1.50. The van der Waals surface area contributed by atoms with E-state index in [9.17, 15) is 19.2 Å². The Morgan fingerprint density at radius 2 is 1.86 bits per heavy atom. The number of fused-ring (bicyclic) bond motifs is 1. The third-order valence-corrected chi connectivity index (χ3v) is 4.93. The fourth-order valence-corrected chi connectivity index (χ4v) is 3.19. The number of nitrogens with zero attached hydrogens (tertiary/aromatic N) is 1. The number of urea groups is 1. The fourth-order valence-electron chi connectivity index (χ4n) is 3.19. The van der Waals surface area contributed by atoms with Gasteiger partial charge in [0.1, 0.15) is 25.3 Å². The number of carbonyl (C=O) groups excluding carboxylic acids is 4. The smallest absolute Gasteiger partial charge is 0.326 e. The summed E-state index contributed by atoms with van der Waals surface area (Å²) in [6.07, 6.45) is 0.828. The molecule has 1 fully saturated rings. The Labute approximate surface area is 167 Å². The third-order valence-electron chi connectivity index (χ3n) is 4.93. The van der Waals surface area contributed by atoms with Crippen LogP contribution in [0.2, 0.25) is 0 Å². The lowest BCUT2D eigenvalue weighted by Gasteiger charge is -2.22. The van der Waals surface area contributed by atoms with Crippen molar-refractivity contribution in [3.8, 4) is 11.5 Å². The predicted octanol–water partition coefficient (Wildman–Crippen LogP) is 1.05. The van der Waals surface area contributed by atoms with Crippen molar-refractivity contribution in [2.75, 3.05) is 31.7 Å². The molecule has 2 heterocycles. The number of rotatable bonds is 7. The van der Waals surface area contributed by atoms with E-state index < -0.39 is 42.5 Å². The third kappa shape index (κ3) is 4.25. The van der Waals surface area contributed by atoms with Crippen LogP contribution in [0.15, 0.2) is 18.2 Å². The summed E-state index contributed by atoms with van der Waals surface area (Å²) in [4.78, 5) is 49.4. The zero-order valence-electron chi connectivity index (χ0n) is 16.3. The maximum Gasteiger partial charge on any atom is 0.326 e. The minimum atomic E-state index is -0.993. The van der Waals surface area contributed by atoms with Gasteiger partial charge in [0.05, 0.1) is 0 Å². The number of carbonyl (C=O) groups is 4. The molecule has 156 valence electrons. The molecule has 29 heavy (non-hydrogen) atoms. The normalized spacial score (nSPS) is 17.0. The van der Waals surface area contributed by atoms with Gasteiger partial charge in [-0.25, -0.2) is 4.79 Å². The monoisotopic (exact) mass is 405 g/mol. The minimum Gasteiger partial charge on any atom is -0.486 e. The molecule has 2 aliphatic rings. The van der Waals surface area contributed by atoms with Gasteiger partial charge in [-0.2, -0.15) is 0 Å². The van der Waals surface area contributed by atoms with Gasteiger partial charge in [0.2, 0.25) is 0 Å². The van der Waals surface area contributed by atoms with Gasteiger partial charge in [0.15, 0.2) is 18.1 Å². The summed E-state index contributed by atoms with van der Waals surface area (Å²) in [5, 5.41) is 5.20. The molecule has 0 spiro atoms. The van der Waals surface area contributed by atoms with Crippen molar-refractivity contribution in [2.24, 2.45) is 0 Å². The Morgan fingerprint density at radius 1 is 1.17 bits per heavy atom. The van der Waals surface area contributed by atoms with Crippen molar-refractivity contribution in [1.29, 1.82) is 0 Å². The number of ether oxygens (including phenoxy) is 3. The van der Waals surface area contributed by atoms with Gasteiger partial charge in [-0.15, -0.1) is 0 Å². The maximum atomic E-state index is 12.5. The highest BCUT2D eigenvalue weighted by Crippen LogP contribution is 2.32. The van der Waals surface area contributed by atoms with E-state index >= 15 is 0 Å². The van der Waals surface area contributed by atoms with Crippen molar-refractivity contribution in [3.05, 3.63) is 18.2 Å². The first-order valence-electron chi connectivity index (χ1n) is 9.37. The SMILES string of the molecule is CCC1(CC)NC(=O)N(CC(=O)OCC(=O)Nc2ccc3c(c2)OCCO3)C1=O. The summed E-state index contributed by atoms with van der Waals surface area (Å²) >= 11 is 0. The van der Waals surface area contributed by atoms with Gasteiger partial charge in [-0.3, -0.25) is 19.3 Å². The molecule has 0 radical (unpaired) electrons. The van der Waals surface area contributed by atoms with Crippen LogP contribution in [0, 0.1) is 0 Å². The van der Waals surface area contributed by atoms with Crippen molar-refractivity contribution in [2.45, 2.75) is 32.2 Å². The zero-order valence-corrected chi connectivity index (χ0v) is 16.3. The van der Waals surface area contributed by atoms with Gasteiger partial charge in [-0.05, 0) is 25.0 Å². The van der Waals surface area contributed by atoms with Crippen LogP contribution in [0.25, 0.3) is 0 Å². The van der Waals surface area contributed by atoms with Crippen molar-refractivity contribution in [1.82, 2.24) is 10.2 Å². The number of nitrogens with one attached hydrogen (secondary N) is 2. The Morgan fingerprint density at radius 3 is 2.52 bits per heavy atom. The van der Waals surface area contributed by atoms with Crippen LogP contribution >= 0.6 is 0 Å². The van der Waals surface area contributed by atoms with Crippen LogP contribution in [0.3, 0.4) is 0 Å². The second-order valence-electron chi connectivity index (χ2n) is 6.68. The van der Waals surface area contributed by atoms with Crippen LogP contribution < -0.4 is 20.1 Å². The van der Waals surface area contributed by atoms with Crippen LogP contribution in [-0.2, 0) is 19.1 Å². The number of esters is 1. The highest BCUT2D eigenvalue weighted by Gasteiger charge is 2.49. The molecule has 0 saturated carbocycles. The number of benzene rings is 1.